The minimum absolute atomic E-state index is 1.11. The van der Waals surface area contributed by atoms with E-state index in [1.165, 1.54) is 91.9 Å². The summed E-state index contributed by atoms with van der Waals surface area (Å²) in [5, 5.41) is 7.56. The summed E-state index contributed by atoms with van der Waals surface area (Å²) in [6.45, 7) is 0. The van der Waals surface area contributed by atoms with Gasteiger partial charge in [0.05, 0.1) is 10.4 Å². The maximum atomic E-state index is 2.44. The molecule has 0 saturated heterocycles. The van der Waals surface area contributed by atoms with E-state index in [-0.39, 0.29) is 0 Å². The summed E-state index contributed by atoms with van der Waals surface area (Å²) in [6.07, 6.45) is 0. The fourth-order valence-electron chi connectivity index (χ4n) is 8.63. The maximum Gasteiger partial charge on any atom is 0.0640 e. The second kappa shape index (κ2) is 14.4. The van der Waals surface area contributed by atoms with Crippen molar-refractivity contribution in [3.63, 3.8) is 0 Å². The summed E-state index contributed by atoms with van der Waals surface area (Å²) < 4.78 is 2.57. The number of benzene rings is 10. The van der Waals surface area contributed by atoms with Crippen molar-refractivity contribution < 1.29 is 0 Å². The zero-order valence-corrected chi connectivity index (χ0v) is 32.5. The maximum absolute atomic E-state index is 2.44. The van der Waals surface area contributed by atoms with Gasteiger partial charge >= 0.3 is 0 Å². The standard InChI is InChI=1S/C56H37NS/c1-3-13-38(14-4-1)42-27-29-45-36-43(28-30-44(45)35-42)39-31-33-47(34-32-39)57(53-25-12-24-52-51-21-7-8-26-54(51)58-56(52)53)48-20-9-19-46(37-48)50-23-11-18-41-17-10-22-49(55(41)50)40-15-5-2-6-16-40/h1-37H. The number of fused-ring (bicyclic) bond motifs is 5. The highest BCUT2D eigenvalue weighted by atomic mass is 32.1. The third-order valence-electron chi connectivity index (χ3n) is 11.4. The van der Waals surface area contributed by atoms with Crippen molar-refractivity contribution in [2.75, 3.05) is 4.90 Å². The molecule has 0 unspecified atom stereocenters. The highest BCUT2D eigenvalue weighted by Gasteiger charge is 2.20. The number of nitrogens with zero attached hydrogens (tertiary/aromatic N) is 1. The Morgan fingerprint density at radius 2 is 0.862 bits per heavy atom. The van der Waals surface area contributed by atoms with Gasteiger partial charge in [0.1, 0.15) is 0 Å². The molecule has 0 amide bonds. The summed E-state index contributed by atoms with van der Waals surface area (Å²) in [4.78, 5) is 2.44. The fourth-order valence-corrected chi connectivity index (χ4v) is 9.83. The molecule has 0 N–H and O–H groups in total. The normalized spacial score (nSPS) is 11.4. The van der Waals surface area contributed by atoms with Crippen molar-refractivity contribution >= 4 is 70.1 Å². The third kappa shape index (κ3) is 6.03. The Morgan fingerprint density at radius 1 is 0.310 bits per heavy atom. The van der Waals surface area contributed by atoms with Crippen molar-refractivity contribution in [3.8, 4) is 44.5 Å². The molecular weight excluding hydrogens is 719 g/mol. The zero-order chi connectivity index (χ0) is 38.4. The molecule has 1 nitrogen and oxygen atoms in total. The van der Waals surface area contributed by atoms with Crippen LogP contribution < -0.4 is 4.90 Å². The minimum atomic E-state index is 1.11. The smallest absolute Gasteiger partial charge is 0.0640 e. The van der Waals surface area contributed by atoms with Crippen molar-refractivity contribution in [2.24, 2.45) is 0 Å². The molecule has 1 aromatic heterocycles. The first-order chi connectivity index (χ1) is 28.7. The van der Waals surface area contributed by atoms with Gasteiger partial charge in [-0.15, -0.1) is 11.3 Å². The van der Waals surface area contributed by atoms with Crippen molar-refractivity contribution in [3.05, 3.63) is 224 Å². The first kappa shape index (κ1) is 34.0. The lowest BCUT2D eigenvalue weighted by Gasteiger charge is -2.27. The van der Waals surface area contributed by atoms with Crippen LogP contribution in [0.2, 0.25) is 0 Å². The predicted octanol–water partition coefficient (Wildman–Crippen LogP) is 16.5. The number of anilines is 3. The van der Waals surface area contributed by atoms with Gasteiger partial charge in [-0.2, -0.15) is 0 Å². The van der Waals surface area contributed by atoms with Crippen molar-refractivity contribution in [1.82, 2.24) is 0 Å². The van der Waals surface area contributed by atoms with Crippen molar-refractivity contribution in [1.29, 1.82) is 0 Å². The molecule has 0 bridgehead atoms. The first-order valence-corrected chi connectivity index (χ1v) is 20.6. The Kier molecular flexibility index (Phi) is 8.42. The third-order valence-corrected chi connectivity index (χ3v) is 12.6. The lowest BCUT2D eigenvalue weighted by Crippen LogP contribution is -2.10. The Morgan fingerprint density at radius 3 is 1.59 bits per heavy atom. The monoisotopic (exact) mass is 755 g/mol. The molecule has 0 radical (unpaired) electrons. The average Bonchev–Trinajstić information content (AvgIpc) is 3.69. The van der Waals surface area contributed by atoms with Gasteiger partial charge in [0.15, 0.2) is 0 Å². The van der Waals surface area contributed by atoms with Crippen LogP contribution in [-0.4, -0.2) is 0 Å². The molecule has 0 fully saturated rings. The van der Waals surface area contributed by atoms with E-state index < -0.39 is 0 Å². The summed E-state index contributed by atoms with van der Waals surface area (Å²) >= 11 is 1.87. The predicted molar refractivity (Wildman–Crippen MR) is 251 cm³/mol. The summed E-state index contributed by atoms with van der Waals surface area (Å²) in [7, 11) is 0. The molecule has 1 heterocycles. The minimum Gasteiger partial charge on any atom is -0.309 e. The van der Waals surface area contributed by atoms with Gasteiger partial charge < -0.3 is 4.90 Å². The van der Waals surface area contributed by atoms with Crippen LogP contribution in [0.3, 0.4) is 0 Å². The molecule has 272 valence electrons. The highest BCUT2D eigenvalue weighted by molar-refractivity contribution is 7.26. The average molecular weight is 756 g/mol. The van der Waals surface area contributed by atoms with Gasteiger partial charge in [0, 0.05) is 26.8 Å². The van der Waals surface area contributed by atoms with E-state index in [4.69, 9.17) is 0 Å². The van der Waals surface area contributed by atoms with E-state index in [1.54, 1.807) is 0 Å². The van der Waals surface area contributed by atoms with Crippen LogP contribution in [-0.2, 0) is 0 Å². The van der Waals surface area contributed by atoms with E-state index in [0.717, 1.165) is 11.4 Å². The second-order valence-corrected chi connectivity index (χ2v) is 16.0. The largest absolute Gasteiger partial charge is 0.309 e. The van der Waals surface area contributed by atoms with Gasteiger partial charge in [-0.05, 0) is 115 Å². The van der Waals surface area contributed by atoms with Crippen LogP contribution in [0.5, 0.6) is 0 Å². The molecule has 11 aromatic rings. The van der Waals surface area contributed by atoms with E-state index in [0.29, 0.717) is 0 Å². The molecule has 0 aliphatic carbocycles. The van der Waals surface area contributed by atoms with Crippen LogP contribution in [0.25, 0.3) is 86.2 Å². The Balaban J connectivity index is 1.04. The van der Waals surface area contributed by atoms with Crippen molar-refractivity contribution in [2.45, 2.75) is 0 Å². The molecular formula is C56H37NS. The topological polar surface area (TPSA) is 3.24 Å². The van der Waals surface area contributed by atoms with E-state index >= 15 is 0 Å². The van der Waals surface area contributed by atoms with Crippen LogP contribution in [0.15, 0.2) is 224 Å². The molecule has 0 spiro atoms. The molecule has 0 aliphatic rings. The molecule has 58 heavy (non-hydrogen) atoms. The molecule has 0 atom stereocenters. The van der Waals surface area contributed by atoms with E-state index in [2.05, 4.69) is 229 Å². The van der Waals surface area contributed by atoms with Gasteiger partial charge in [0.2, 0.25) is 0 Å². The first-order valence-electron chi connectivity index (χ1n) is 19.8. The van der Waals surface area contributed by atoms with Gasteiger partial charge in [-0.25, -0.2) is 0 Å². The lowest BCUT2D eigenvalue weighted by molar-refractivity contribution is 1.30. The molecule has 0 saturated carbocycles. The van der Waals surface area contributed by atoms with Crippen LogP contribution in [0, 0.1) is 0 Å². The number of thiophene rings is 1. The number of rotatable bonds is 7. The summed E-state index contributed by atoms with van der Waals surface area (Å²) in [6, 6.07) is 81.9. The Hall–Kier alpha value is -7.26. The summed E-state index contributed by atoms with van der Waals surface area (Å²) in [5.41, 5.74) is 13.1. The molecule has 2 heteroatoms. The Labute approximate surface area is 342 Å². The Bertz CT molecular complexity index is 3270. The lowest BCUT2D eigenvalue weighted by atomic mass is 9.91. The van der Waals surface area contributed by atoms with E-state index in [1.807, 2.05) is 11.3 Å². The van der Waals surface area contributed by atoms with Crippen LogP contribution in [0.4, 0.5) is 17.1 Å². The second-order valence-electron chi connectivity index (χ2n) is 14.9. The van der Waals surface area contributed by atoms with Gasteiger partial charge in [0.25, 0.3) is 0 Å². The molecule has 11 rings (SSSR count). The van der Waals surface area contributed by atoms with E-state index in [9.17, 15) is 0 Å². The van der Waals surface area contributed by atoms with Crippen LogP contribution in [0.1, 0.15) is 0 Å². The molecule has 10 aromatic carbocycles. The van der Waals surface area contributed by atoms with Gasteiger partial charge in [-0.1, -0.05) is 176 Å². The van der Waals surface area contributed by atoms with Crippen LogP contribution >= 0.6 is 11.3 Å². The molecule has 0 aliphatic heterocycles. The summed E-state index contributed by atoms with van der Waals surface area (Å²) in [5.74, 6) is 0. The SMILES string of the molecule is c1ccc(-c2ccc3cc(-c4ccc(N(c5cccc(-c6cccc7cccc(-c8ccccc8)c67)c5)c5cccc6c5sc5ccccc56)cc4)ccc3c2)cc1. The fraction of sp³-hybridized carbons (Fsp3) is 0. The van der Waals surface area contributed by atoms with Gasteiger partial charge in [-0.3, -0.25) is 0 Å². The quantitative estimate of drug-likeness (QED) is 0.157. The number of hydrogen-bond donors (Lipinski definition) is 0. The number of hydrogen-bond acceptors (Lipinski definition) is 2. The zero-order valence-electron chi connectivity index (χ0n) is 31.7. The highest BCUT2D eigenvalue weighted by Crippen LogP contribution is 2.46.